The van der Waals surface area contributed by atoms with Crippen LogP contribution in [0.2, 0.25) is 0 Å². The van der Waals surface area contributed by atoms with Gasteiger partial charge in [-0.15, -0.1) is 0 Å². The molecule has 1 unspecified atom stereocenters. The molecule has 0 radical (unpaired) electrons. The summed E-state index contributed by atoms with van der Waals surface area (Å²) in [7, 11) is -3.48. The van der Waals surface area contributed by atoms with Crippen LogP contribution in [-0.2, 0) is 10.0 Å². The van der Waals surface area contributed by atoms with E-state index in [1.807, 2.05) is 42.6 Å². The van der Waals surface area contributed by atoms with E-state index in [0.717, 1.165) is 16.8 Å². The summed E-state index contributed by atoms with van der Waals surface area (Å²) in [4.78, 5) is 4.98. The van der Waals surface area contributed by atoms with Gasteiger partial charge in [-0.1, -0.05) is 48.5 Å². The lowest BCUT2D eigenvalue weighted by atomic mass is 10.1. The van der Waals surface area contributed by atoms with Gasteiger partial charge in [-0.05, 0) is 36.2 Å². The van der Waals surface area contributed by atoms with Crippen molar-refractivity contribution in [3.8, 4) is 11.1 Å². The lowest BCUT2D eigenvalue weighted by molar-refractivity contribution is 0.471. The summed E-state index contributed by atoms with van der Waals surface area (Å²) in [5, 5.41) is 4.65. The number of hydrogen-bond acceptors (Lipinski definition) is 4. The van der Waals surface area contributed by atoms with Crippen LogP contribution in [0.5, 0.6) is 0 Å². The highest BCUT2D eigenvalue weighted by atomic mass is 32.2. The molecule has 0 saturated carbocycles. The van der Waals surface area contributed by atoms with Gasteiger partial charge >= 0.3 is 0 Å². The second-order valence-corrected chi connectivity index (χ2v) is 9.16. The summed E-state index contributed by atoms with van der Waals surface area (Å²) in [6, 6.07) is 22.7. The molecule has 6 nitrogen and oxygen atoms in total. The van der Waals surface area contributed by atoms with Gasteiger partial charge in [0.25, 0.3) is 0 Å². The maximum Gasteiger partial charge on any atom is 0.243 e. The van der Waals surface area contributed by atoms with Crippen molar-refractivity contribution >= 4 is 15.7 Å². The molecule has 1 atom stereocenters. The van der Waals surface area contributed by atoms with Gasteiger partial charge < -0.3 is 0 Å². The standard InChI is InChI=1S/C22H20N4O2S/c27-29(28,20-9-5-2-6-10-20)25-14-13-19(15-25)22-23-21-12-11-18(16-26(21)24-22)17-7-3-1-4-8-17/h1-12,16,19H,13-15H2. The van der Waals surface area contributed by atoms with Crippen molar-refractivity contribution in [3.63, 3.8) is 0 Å². The van der Waals surface area contributed by atoms with Crippen molar-refractivity contribution in [2.75, 3.05) is 13.1 Å². The first-order chi connectivity index (χ1) is 14.1. The maximum absolute atomic E-state index is 12.9. The molecule has 0 amide bonds. The molecule has 2 aromatic heterocycles. The Labute approximate surface area is 169 Å². The molecule has 3 heterocycles. The summed E-state index contributed by atoms with van der Waals surface area (Å²) in [5.41, 5.74) is 2.95. The molecule has 5 rings (SSSR count). The quantitative estimate of drug-likeness (QED) is 0.521. The van der Waals surface area contributed by atoms with Crippen LogP contribution >= 0.6 is 0 Å². The van der Waals surface area contributed by atoms with E-state index in [1.54, 1.807) is 28.8 Å². The molecule has 1 fully saturated rings. The van der Waals surface area contributed by atoms with Gasteiger partial charge in [-0.2, -0.15) is 9.40 Å². The number of nitrogens with zero attached hydrogens (tertiary/aromatic N) is 4. The van der Waals surface area contributed by atoms with Crippen molar-refractivity contribution in [2.24, 2.45) is 0 Å². The minimum Gasteiger partial charge on any atom is -0.220 e. The molecule has 29 heavy (non-hydrogen) atoms. The minimum absolute atomic E-state index is 0.00596. The zero-order chi connectivity index (χ0) is 19.8. The number of pyridine rings is 1. The van der Waals surface area contributed by atoms with E-state index in [0.29, 0.717) is 30.2 Å². The predicted molar refractivity (Wildman–Crippen MR) is 111 cm³/mol. The van der Waals surface area contributed by atoms with E-state index in [9.17, 15) is 8.42 Å². The monoisotopic (exact) mass is 404 g/mol. The summed E-state index contributed by atoms with van der Waals surface area (Å²) in [6.07, 6.45) is 2.68. The van der Waals surface area contributed by atoms with Crippen LogP contribution in [0.25, 0.3) is 16.8 Å². The zero-order valence-electron chi connectivity index (χ0n) is 15.7. The topological polar surface area (TPSA) is 67.6 Å². The molecular formula is C22H20N4O2S. The number of aromatic nitrogens is 3. The van der Waals surface area contributed by atoms with Crippen LogP contribution in [0.3, 0.4) is 0 Å². The molecule has 0 spiro atoms. The fourth-order valence-corrected chi connectivity index (χ4v) is 5.29. The Morgan fingerprint density at radius 1 is 0.862 bits per heavy atom. The molecule has 0 aliphatic carbocycles. The van der Waals surface area contributed by atoms with E-state index in [1.165, 1.54) is 4.31 Å². The van der Waals surface area contributed by atoms with Crippen molar-refractivity contribution in [2.45, 2.75) is 17.2 Å². The first-order valence-corrected chi connectivity index (χ1v) is 11.0. The largest absolute Gasteiger partial charge is 0.243 e. The molecule has 2 aromatic carbocycles. The molecule has 146 valence electrons. The van der Waals surface area contributed by atoms with E-state index in [-0.39, 0.29) is 5.92 Å². The maximum atomic E-state index is 12.9. The lowest BCUT2D eigenvalue weighted by Crippen LogP contribution is -2.28. The third-order valence-electron chi connectivity index (χ3n) is 5.35. The molecular weight excluding hydrogens is 384 g/mol. The molecule has 0 N–H and O–H groups in total. The van der Waals surface area contributed by atoms with E-state index in [4.69, 9.17) is 0 Å². The third kappa shape index (κ3) is 3.32. The van der Waals surface area contributed by atoms with Crippen LogP contribution in [0, 0.1) is 0 Å². The fourth-order valence-electron chi connectivity index (χ4n) is 3.77. The summed E-state index contributed by atoms with van der Waals surface area (Å²) in [6.45, 7) is 0.881. The van der Waals surface area contributed by atoms with Gasteiger partial charge in [0, 0.05) is 30.8 Å². The van der Waals surface area contributed by atoms with Crippen molar-refractivity contribution in [1.29, 1.82) is 0 Å². The van der Waals surface area contributed by atoms with Crippen molar-refractivity contribution in [3.05, 3.63) is 84.8 Å². The van der Waals surface area contributed by atoms with Crippen LogP contribution < -0.4 is 0 Å². The van der Waals surface area contributed by atoms with Gasteiger partial charge in [0.1, 0.15) is 0 Å². The fraction of sp³-hybridized carbons (Fsp3) is 0.182. The Balaban J connectivity index is 1.40. The molecule has 0 bridgehead atoms. The molecule has 4 aromatic rings. The smallest absolute Gasteiger partial charge is 0.220 e. The summed E-state index contributed by atoms with van der Waals surface area (Å²) in [5.74, 6) is 0.689. The van der Waals surface area contributed by atoms with Gasteiger partial charge in [0.15, 0.2) is 11.5 Å². The Kier molecular flexibility index (Phi) is 4.41. The molecule has 1 saturated heterocycles. The van der Waals surface area contributed by atoms with Crippen LogP contribution in [0.4, 0.5) is 0 Å². The number of hydrogen-bond donors (Lipinski definition) is 0. The second kappa shape index (κ2) is 7.09. The van der Waals surface area contributed by atoms with Crippen LogP contribution in [0.15, 0.2) is 83.9 Å². The number of fused-ring (bicyclic) bond motifs is 1. The third-order valence-corrected chi connectivity index (χ3v) is 7.23. The highest BCUT2D eigenvalue weighted by Crippen LogP contribution is 2.30. The van der Waals surface area contributed by atoms with Gasteiger partial charge in [-0.3, -0.25) is 0 Å². The molecule has 7 heteroatoms. The Morgan fingerprint density at radius 3 is 2.34 bits per heavy atom. The van der Waals surface area contributed by atoms with E-state index >= 15 is 0 Å². The number of benzene rings is 2. The van der Waals surface area contributed by atoms with Gasteiger partial charge in [-0.25, -0.2) is 17.9 Å². The normalized spacial score (nSPS) is 17.7. The first kappa shape index (κ1) is 18.0. The molecule has 1 aliphatic rings. The summed E-state index contributed by atoms with van der Waals surface area (Å²) < 4.78 is 29.0. The minimum atomic E-state index is -3.48. The first-order valence-electron chi connectivity index (χ1n) is 9.58. The average Bonchev–Trinajstić information content (AvgIpc) is 3.42. The Hall–Kier alpha value is -3.03. The zero-order valence-corrected chi connectivity index (χ0v) is 16.5. The van der Waals surface area contributed by atoms with E-state index < -0.39 is 10.0 Å². The SMILES string of the molecule is O=S(=O)(c1ccccc1)N1CCC(c2nc3ccc(-c4ccccc4)cn3n2)C1. The highest BCUT2D eigenvalue weighted by molar-refractivity contribution is 7.89. The Morgan fingerprint density at radius 2 is 1.59 bits per heavy atom. The van der Waals surface area contributed by atoms with E-state index in [2.05, 4.69) is 22.2 Å². The number of sulfonamides is 1. The average molecular weight is 404 g/mol. The van der Waals surface area contributed by atoms with Crippen LogP contribution in [-0.4, -0.2) is 40.4 Å². The lowest BCUT2D eigenvalue weighted by Gasteiger charge is -2.15. The van der Waals surface area contributed by atoms with Crippen molar-refractivity contribution in [1.82, 2.24) is 18.9 Å². The second-order valence-electron chi connectivity index (χ2n) is 7.22. The highest BCUT2D eigenvalue weighted by Gasteiger charge is 2.35. The summed E-state index contributed by atoms with van der Waals surface area (Å²) >= 11 is 0. The van der Waals surface area contributed by atoms with Gasteiger partial charge in [0.05, 0.1) is 4.90 Å². The predicted octanol–water partition coefficient (Wildman–Crippen LogP) is 3.57. The van der Waals surface area contributed by atoms with Crippen molar-refractivity contribution < 1.29 is 8.42 Å². The van der Waals surface area contributed by atoms with Crippen LogP contribution in [0.1, 0.15) is 18.2 Å². The molecule has 1 aliphatic heterocycles. The number of rotatable bonds is 4. The Bertz CT molecular complexity index is 1250. The van der Waals surface area contributed by atoms with Gasteiger partial charge in [0.2, 0.25) is 10.0 Å².